The Hall–Kier alpha value is -1.01. The number of nitriles is 1. The second-order valence-electron chi connectivity index (χ2n) is 1.81. The third-order valence-corrected chi connectivity index (χ3v) is 1.42. The molecule has 4 heteroatoms. The molecule has 1 aromatic rings. The molecule has 0 saturated carbocycles. The highest BCUT2D eigenvalue weighted by molar-refractivity contribution is 6.30. The van der Waals surface area contributed by atoms with Crippen molar-refractivity contribution in [3.63, 3.8) is 0 Å². The van der Waals surface area contributed by atoms with Crippen molar-refractivity contribution < 1.29 is 0 Å². The van der Waals surface area contributed by atoms with E-state index in [0.717, 1.165) is 12.2 Å². The smallest absolute Gasteiger partial charge is 0.177 e. The fourth-order valence-corrected chi connectivity index (χ4v) is 0.833. The van der Waals surface area contributed by atoms with Crippen LogP contribution >= 0.6 is 11.6 Å². The molecule has 1 aromatic heterocycles. The van der Waals surface area contributed by atoms with Gasteiger partial charge in [0.1, 0.15) is 17.0 Å². The minimum atomic E-state index is 0.276. The molecular formula is C6H6ClN3. The van der Waals surface area contributed by atoms with Crippen LogP contribution in [0.2, 0.25) is 5.15 Å². The van der Waals surface area contributed by atoms with E-state index >= 15 is 0 Å². The second-order valence-corrected chi connectivity index (χ2v) is 2.19. The van der Waals surface area contributed by atoms with Crippen LogP contribution in [0.1, 0.15) is 18.4 Å². The van der Waals surface area contributed by atoms with E-state index in [1.54, 1.807) is 0 Å². The van der Waals surface area contributed by atoms with Crippen LogP contribution in [0.5, 0.6) is 0 Å². The van der Waals surface area contributed by atoms with Crippen LogP contribution in [0, 0.1) is 11.3 Å². The number of rotatable bonds is 1. The number of imidazole rings is 1. The molecule has 0 saturated heterocycles. The topological polar surface area (TPSA) is 52.5 Å². The highest BCUT2D eigenvalue weighted by Gasteiger charge is 2.04. The normalized spacial score (nSPS) is 9.30. The van der Waals surface area contributed by atoms with Crippen LogP contribution < -0.4 is 0 Å². The first-order valence-electron chi connectivity index (χ1n) is 2.92. The van der Waals surface area contributed by atoms with Crippen molar-refractivity contribution >= 4 is 11.6 Å². The number of hydrogen-bond donors (Lipinski definition) is 1. The minimum Gasteiger partial charge on any atom is -0.332 e. The highest BCUT2D eigenvalue weighted by atomic mass is 35.5. The maximum absolute atomic E-state index is 8.41. The van der Waals surface area contributed by atoms with Gasteiger partial charge in [-0.25, -0.2) is 4.98 Å². The molecule has 1 N–H and O–H groups in total. The Morgan fingerprint density at radius 1 is 1.80 bits per heavy atom. The van der Waals surface area contributed by atoms with E-state index in [1.165, 1.54) is 0 Å². The molecule has 0 radical (unpaired) electrons. The molecule has 0 unspecified atom stereocenters. The number of aromatic amines is 1. The van der Waals surface area contributed by atoms with Crippen molar-refractivity contribution in [2.45, 2.75) is 13.3 Å². The molecule has 0 bridgehead atoms. The molecule has 10 heavy (non-hydrogen) atoms. The van der Waals surface area contributed by atoms with E-state index in [2.05, 4.69) is 9.97 Å². The number of aryl methyl sites for hydroxylation is 1. The highest BCUT2D eigenvalue weighted by Crippen LogP contribution is 2.10. The Morgan fingerprint density at radius 2 is 2.50 bits per heavy atom. The Labute approximate surface area is 63.7 Å². The van der Waals surface area contributed by atoms with Crippen molar-refractivity contribution in [2.24, 2.45) is 0 Å². The van der Waals surface area contributed by atoms with Gasteiger partial charge in [-0.1, -0.05) is 18.5 Å². The molecule has 1 heterocycles. The van der Waals surface area contributed by atoms with Crippen molar-refractivity contribution in [3.8, 4) is 6.07 Å². The van der Waals surface area contributed by atoms with Crippen LogP contribution in [-0.4, -0.2) is 9.97 Å². The first-order chi connectivity index (χ1) is 4.77. The average Bonchev–Trinajstić information content (AvgIpc) is 2.30. The van der Waals surface area contributed by atoms with E-state index in [9.17, 15) is 0 Å². The summed E-state index contributed by atoms with van der Waals surface area (Å²) < 4.78 is 0. The summed E-state index contributed by atoms with van der Waals surface area (Å²) in [5.74, 6) is 0.751. The quantitative estimate of drug-likeness (QED) is 0.668. The van der Waals surface area contributed by atoms with Gasteiger partial charge < -0.3 is 4.98 Å². The van der Waals surface area contributed by atoms with E-state index < -0.39 is 0 Å². The Kier molecular flexibility index (Phi) is 1.93. The van der Waals surface area contributed by atoms with Gasteiger partial charge in [0.2, 0.25) is 0 Å². The first-order valence-corrected chi connectivity index (χ1v) is 3.30. The number of halogens is 1. The van der Waals surface area contributed by atoms with E-state index in [-0.39, 0.29) is 5.69 Å². The Balaban J connectivity index is 3.07. The van der Waals surface area contributed by atoms with Crippen molar-refractivity contribution in [3.05, 3.63) is 16.7 Å². The van der Waals surface area contributed by atoms with Gasteiger partial charge in [-0.2, -0.15) is 5.26 Å². The predicted octanol–water partition coefficient (Wildman–Crippen LogP) is 1.50. The van der Waals surface area contributed by atoms with E-state index in [0.29, 0.717) is 5.15 Å². The summed E-state index contributed by atoms with van der Waals surface area (Å²) in [6.45, 7) is 1.94. The molecule has 0 atom stereocenters. The molecular weight excluding hydrogens is 150 g/mol. The molecule has 0 amide bonds. The van der Waals surface area contributed by atoms with Gasteiger partial charge in [0.15, 0.2) is 5.69 Å². The zero-order chi connectivity index (χ0) is 7.56. The monoisotopic (exact) mass is 155 g/mol. The first kappa shape index (κ1) is 7.10. The summed E-state index contributed by atoms with van der Waals surface area (Å²) in [5, 5.41) is 8.74. The van der Waals surface area contributed by atoms with Crippen molar-refractivity contribution in [1.29, 1.82) is 5.26 Å². The van der Waals surface area contributed by atoms with Crippen LogP contribution in [0.15, 0.2) is 0 Å². The predicted molar refractivity (Wildman–Crippen MR) is 37.7 cm³/mol. The summed E-state index contributed by atoms with van der Waals surface area (Å²) in [5.41, 5.74) is 0.276. The molecule has 3 nitrogen and oxygen atoms in total. The number of hydrogen-bond acceptors (Lipinski definition) is 2. The molecule has 0 aromatic carbocycles. The van der Waals surface area contributed by atoms with Gasteiger partial charge in [-0.3, -0.25) is 0 Å². The van der Waals surface area contributed by atoms with E-state index in [1.807, 2.05) is 13.0 Å². The fourth-order valence-electron chi connectivity index (χ4n) is 0.639. The number of nitrogens with one attached hydrogen (secondary N) is 1. The van der Waals surface area contributed by atoms with Crippen molar-refractivity contribution in [2.75, 3.05) is 0 Å². The standard InChI is InChI=1S/C6H6ClN3/c1-2-5-9-4(3-8)6(7)10-5/h2H2,1H3,(H,9,10). The van der Waals surface area contributed by atoms with Gasteiger partial charge in [-0.05, 0) is 0 Å². The molecule has 0 aliphatic rings. The average molecular weight is 156 g/mol. The van der Waals surface area contributed by atoms with Crippen LogP contribution in [0.25, 0.3) is 0 Å². The summed E-state index contributed by atoms with van der Waals surface area (Å²) in [7, 11) is 0. The van der Waals surface area contributed by atoms with Crippen molar-refractivity contribution in [1.82, 2.24) is 9.97 Å². The molecule has 1 rings (SSSR count). The Bertz CT molecular complexity index is 271. The molecule has 0 aliphatic carbocycles. The number of aromatic nitrogens is 2. The lowest BCUT2D eigenvalue weighted by molar-refractivity contribution is 0.987. The Morgan fingerprint density at radius 3 is 2.80 bits per heavy atom. The van der Waals surface area contributed by atoms with Gasteiger partial charge >= 0.3 is 0 Å². The maximum atomic E-state index is 8.41. The summed E-state index contributed by atoms with van der Waals surface area (Å²) in [6, 6.07) is 1.88. The summed E-state index contributed by atoms with van der Waals surface area (Å²) >= 11 is 5.58. The lowest BCUT2D eigenvalue weighted by Crippen LogP contribution is -1.80. The fraction of sp³-hybridized carbons (Fsp3) is 0.333. The third kappa shape index (κ3) is 1.12. The van der Waals surface area contributed by atoms with Crippen LogP contribution in [0.3, 0.4) is 0 Å². The molecule has 0 aliphatic heterocycles. The van der Waals surface area contributed by atoms with Gasteiger partial charge in [0.05, 0.1) is 0 Å². The third-order valence-electron chi connectivity index (χ3n) is 1.15. The lowest BCUT2D eigenvalue weighted by Gasteiger charge is -1.80. The molecule has 52 valence electrons. The molecule has 0 fully saturated rings. The zero-order valence-electron chi connectivity index (χ0n) is 5.48. The molecule has 0 spiro atoms. The number of nitrogens with zero attached hydrogens (tertiary/aromatic N) is 2. The van der Waals surface area contributed by atoms with Crippen LogP contribution in [-0.2, 0) is 6.42 Å². The zero-order valence-corrected chi connectivity index (χ0v) is 6.24. The minimum absolute atomic E-state index is 0.276. The summed E-state index contributed by atoms with van der Waals surface area (Å²) in [4.78, 5) is 6.68. The SMILES string of the molecule is CCc1nc(C#N)c(Cl)[nH]1. The van der Waals surface area contributed by atoms with Gasteiger partial charge in [0.25, 0.3) is 0 Å². The second kappa shape index (κ2) is 2.72. The largest absolute Gasteiger partial charge is 0.332 e. The lowest BCUT2D eigenvalue weighted by atomic mass is 10.5. The van der Waals surface area contributed by atoms with Crippen LogP contribution in [0.4, 0.5) is 0 Å². The van der Waals surface area contributed by atoms with Gasteiger partial charge in [-0.15, -0.1) is 0 Å². The summed E-state index contributed by atoms with van der Waals surface area (Å²) in [6.07, 6.45) is 0.765. The maximum Gasteiger partial charge on any atom is 0.177 e. The number of H-pyrrole nitrogens is 1. The van der Waals surface area contributed by atoms with Gasteiger partial charge in [0, 0.05) is 6.42 Å². The van der Waals surface area contributed by atoms with E-state index in [4.69, 9.17) is 16.9 Å².